The molecule has 2 aliphatic heterocycles. The van der Waals surface area contributed by atoms with Crippen molar-refractivity contribution in [3.63, 3.8) is 0 Å². The van der Waals surface area contributed by atoms with E-state index in [0.29, 0.717) is 22.4 Å². The zero-order valence-corrected chi connectivity index (χ0v) is 20.9. The summed E-state index contributed by atoms with van der Waals surface area (Å²) < 4.78 is 16.3. The molecule has 4 heterocycles. The Hall–Kier alpha value is -4.46. The van der Waals surface area contributed by atoms with Crippen LogP contribution in [0.5, 0.6) is 11.5 Å². The lowest BCUT2D eigenvalue weighted by atomic mass is 9.96. The molecule has 3 aliphatic rings. The minimum absolute atomic E-state index is 0.191. The SMILES string of the molecule is Cc1cccc(-c2c3c(=O)n(C)c(=O)n(C)c3c3n2C2=C(C=CCC2)NC3c2ccc3c(c2)OCO3)c1. The van der Waals surface area contributed by atoms with Gasteiger partial charge in [-0.05, 0) is 55.2 Å². The summed E-state index contributed by atoms with van der Waals surface area (Å²) in [5.74, 6) is 1.39. The first-order valence-corrected chi connectivity index (χ1v) is 12.4. The van der Waals surface area contributed by atoms with Crippen LogP contribution in [0.3, 0.4) is 0 Å². The van der Waals surface area contributed by atoms with Gasteiger partial charge in [-0.2, -0.15) is 0 Å². The fourth-order valence-electron chi connectivity index (χ4n) is 5.88. The van der Waals surface area contributed by atoms with Crippen molar-refractivity contribution in [2.45, 2.75) is 25.8 Å². The Morgan fingerprint density at radius 3 is 2.68 bits per heavy atom. The van der Waals surface area contributed by atoms with Gasteiger partial charge < -0.3 is 19.4 Å². The first-order chi connectivity index (χ1) is 17.9. The number of hydrogen-bond donors (Lipinski definition) is 1. The van der Waals surface area contributed by atoms with Crippen LogP contribution in [-0.4, -0.2) is 20.5 Å². The van der Waals surface area contributed by atoms with E-state index in [1.807, 2.05) is 43.3 Å². The number of aryl methyl sites for hydroxylation is 2. The fourth-order valence-corrected chi connectivity index (χ4v) is 5.88. The highest BCUT2D eigenvalue weighted by Crippen LogP contribution is 2.46. The number of allylic oxidation sites excluding steroid dienone is 3. The number of rotatable bonds is 2. The highest BCUT2D eigenvalue weighted by Gasteiger charge is 2.36. The highest BCUT2D eigenvalue weighted by molar-refractivity contribution is 5.99. The molecule has 1 N–H and O–H groups in total. The molecule has 7 rings (SSSR count). The van der Waals surface area contributed by atoms with Crippen molar-refractivity contribution in [1.29, 1.82) is 0 Å². The fraction of sp³-hybridized carbons (Fsp3) is 0.241. The second-order valence-electron chi connectivity index (χ2n) is 9.86. The first-order valence-electron chi connectivity index (χ1n) is 12.4. The van der Waals surface area contributed by atoms with E-state index in [1.165, 1.54) is 4.57 Å². The van der Waals surface area contributed by atoms with Gasteiger partial charge in [0.1, 0.15) is 0 Å². The number of aromatic nitrogens is 3. The summed E-state index contributed by atoms with van der Waals surface area (Å²) in [7, 11) is 3.29. The monoisotopic (exact) mass is 494 g/mol. The smallest absolute Gasteiger partial charge is 0.331 e. The lowest BCUT2D eigenvalue weighted by molar-refractivity contribution is 0.174. The molecule has 8 nitrogen and oxygen atoms in total. The number of hydrogen-bond acceptors (Lipinski definition) is 5. The molecule has 8 heteroatoms. The summed E-state index contributed by atoms with van der Waals surface area (Å²) in [5, 5.41) is 4.26. The van der Waals surface area contributed by atoms with Crippen LogP contribution in [0.2, 0.25) is 0 Å². The van der Waals surface area contributed by atoms with Gasteiger partial charge in [-0.1, -0.05) is 35.9 Å². The number of fused-ring (bicyclic) bond motifs is 5. The zero-order valence-electron chi connectivity index (χ0n) is 20.9. The molecule has 0 radical (unpaired) electrons. The van der Waals surface area contributed by atoms with Gasteiger partial charge in [-0.3, -0.25) is 13.9 Å². The molecule has 1 aliphatic carbocycles. The van der Waals surface area contributed by atoms with Gasteiger partial charge in [0, 0.05) is 19.8 Å². The predicted octanol–water partition coefficient (Wildman–Crippen LogP) is 3.95. The molecule has 1 unspecified atom stereocenters. The van der Waals surface area contributed by atoms with E-state index >= 15 is 0 Å². The summed E-state index contributed by atoms with van der Waals surface area (Å²) in [6, 6.07) is 13.8. The molecule has 0 bridgehead atoms. The Bertz CT molecular complexity index is 1820. The Morgan fingerprint density at radius 2 is 1.84 bits per heavy atom. The average molecular weight is 495 g/mol. The molecule has 0 saturated carbocycles. The van der Waals surface area contributed by atoms with Crippen molar-refractivity contribution in [2.24, 2.45) is 14.1 Å². The minimum Gasteiger partial charge on any atom is -0.454 e. The molecule has 0 amide bonds. The molecule has 4 aromatic rings. The Labute approximate surface area is 212 Å². The van der Waals surface area contributed by atoms with E-state index in [9.17, 15) is 9.59 Å². The maximum atomic E-state index is 13.8. The summed E-state index contributed by atoms with van der Waals surface area (Å²) in [5.41, 5.74) is 6.79. The van der Waals surface area contributed by atoms with Crippen LogP contribution < -0.4 is 26.0 Å². The lowest BCUT2D eigenvalue weighted by Crippen LogP contribution is -2.37. The molecular formula is C29H26N4O4. The zero-order chi connectivity index (χ0) is 25.4. The topological polar surface area (TPSA) is 79.4 Å². The predicted molar refractivity (Wildman–Crippen MR) is 142 cm³/mol. The van der Waals surface area contributed by atoms with Crippen molar-refractivity contribution in [3.8, 4) is 22.8 Å². The van der Waals surface area contributed by atoms with Gasteiger partial charge in [-0.25, -0.2) is 4.79 Å². The van der Waals surface area contributed by atoms with Gasteiger partial charge in [0.05, 0.1) is 34.0 Å². The first kappa shape index (κ1) is 21.8. The largest absolute Gasteiger partial charge is 0.454 e. The summed E-state index contributed by atoms with van der Waals surface area (Å²) >= 11 is 0. The summed E-state index contributed by atoms with van der Waals surface area (Å²) in [6.45, 7) is 2.24. The van der Waals surface area contributed by atoms with Crippen LogP contribution in [0.25, 0.3) is 27.9 Å². The standard InChI is InChI=1S/C29H26N4O4/c1-16-7-6-8-18(13-16)25-23-26(31(2)29(35)32(3)28(23)34)27-24(17-11-12-21-22(14-17)37-15-36-21)30-19-9-4-5-10-20(19)33(25)27/h4,6-9,11-14,24,30H,5,10,15H2,1-3H3. The molecular weight excluding hydrogens is 468 g/mol. The van der Waals surface area contributed by atoms with Crippen molar-refractivity contribution in [3.05, 3.63) is 98.0 Å². The van der Waals surface area contributed by atoms with Crippen LogP contribution in [0.4, 0.5) is 0 Å². The van der Waals surface area contributed by atoms with Crippen LogP contribution in [0.1, 0.15) is 35.7 Å². The third kappa shape index (κ3) is 3.02. The number of benzene rings is 2. The van der Waals surface area contributed by atoms with Crippen LogP contribution in [0.15, 0.2) is 69.9 Å². The second kappa shape index (κ2) is 7.77. The third-order valence-electron chi connectivity index (χ3n) is 7.62. The van der Waals surface area contributed by atoms with Gasteiger partial charge in [0.15, 0.2) is 11.5 Å². The quantitative estimate of drug-likeness (QED) is 0.457. The van der Waals surface area contributed by atoms with Gasteiger partial charge >= 0.3 is 5.69 Å². The van der Waals surface area contributed by atoms with E-state index in [-0.39, 0.29) is 24.1 Å². The Kier molecular flexibility index (Phi) is 4.58. The lowest BCUT2D eigenvalue weighted by Gasteiger charge is -2.33. The maximum Gasteiger partial charge on any atom is 0.331 e. The van der Waals surface area contributed by atoms with Crippen LogP contribution in [-0.2, 0) is 14.1 Å². The second-order valence-corrected chi connectivity index (χ2v) is 9.86. The number of nitrogens with one attached hydrogen (secondary N) is 1. The van der Waals surface area contributed by atoms with Crippen LogP contribution in [0, 0.1) is 6.92 Å². The Balaban J connectivity index is 1.66. The van der Waals surface area contributed by atoms with Crippen molar-refractivity contribution in [2.75, 3.05) is 6.79 Å². The van der Waals surface area contributed by atoms with E-state index in [4.69, 9.17) is 9.47 Å². The average Bonchev–Trinajstić information content (AvgIpc) is 3.53. The van der Waals surface area contributed by atoms with Gasteiger partial charge in [0.25, 0.3) is 5.56 Å². The summed E-state index contributed by atoms with van der Waals surface area (Å²) in [4.78, 5) is 27.0. The molecule has 2 aromatic heterocycles. The third-order valence-corrected chi connectivity index (χ3v) is 7.62. The summed E-state index contributed by atoms with van der Waals surface area (Å²) in [6.07, 6.45) is 5.99. The van der Waals surface area contributed by atoms with Crippen molar-refractivity contribution < 1.29 is 9.47 Å². The Morgan fingerprint density at radius 1 is 1.00 bits per heavy atom. The molecule has 0 spiro atoms. The normalized spacial score (nSPS) is 17.6. The number of nitrogens with zero attached hydrogens (tertiary/aromatic N) is 3. The van der Waals surface area contributed by atoms with Crippen LogP contribution >= 0.6 is 0 Å². The maximum absolute atomic E-state index is 13.8. The molecule has 1 atom stereocenters. The van der Waals surface area contributed by atoms with E-state index in [1.54, 1.807) is 18.7 Å². The minimum atomic E-state index is -0.352. The molecule has 186 valence electrons. The van der Waals surface area contributed by atoms with E-state index in [2.05, 4.69) is 28.1 Å². The van der Waals surface area contributed by atoms with Gasteiger partial charge in [-0.15, -0.1) is 0 Å². The highest BCUT2D eigenvalue weighted by atomic mass is 16.7. The molecule has 0 saturated heterocycles. The van der Waals surface area contributed by atoms with E-state index in [0.717, 1.165) is 52.3 Å². The number of ether oxygens (including phenoxy) is 2. The molecule has 0 fully saturated rings. The van der Waals surface area contributed by atoms with Gasteiger partial charge in [0.2, 0.25) is 6.79 Å². The van der Waals surface area contributed by atoms with Crippen molar-refractivity contribution in [1.82, 2.24) is 19.0 Å². The van der Waals surface area contributed by atoms with Crippen molar-refractivity contribution >= 4 is 16.6 Å². The van der Waals surface area contributed by atoms with E-state index < -0.39 is 0 Å². The molecule has 2 aromatic carbocycles. The molecule has 37 heavy (non-hydrogen) atoms.